The number of halogens is 1. The van der Waals surface area contributed by atoms with Crippen LogP contribution in [-0.4, -0.2) is 12.6 Å². The normalized spacial score (nSPS) is 18.6. The standard InChI is InChI=1S/C14H17BrO2/c1-2-17-14(16)9-10-5-3-7-12-11(10)6-4-8-13(12)15/h4,6,8,10H,2-3,5,7,9H2,1H3. The van der Waals surface area contributed by atoms with E-state index in [1.165, 1.54) is 15.6 Å². The highest BCUT2D eigenvalue weighted by Crippen LogP contribution is 2.37. The van der Waals surface area contributed by atoms with Crippen LogP contribution in [-0.2, 0) is 16.0 Å². The second-order valence-corrected chi connectivity index (χ2v) is 5.26. The van der Waals surface area contributed by atoms with E-state index >= 15 is 0 Å². The van der Waals surface area contributed by atoms with Gasteiger partial charge in [0.15, 0.2) is 0 Å². The third-order valence-electron chi connectivity index (χ3n) is 3.29. The maximum Gasteiger partial charge on any atom is 0.306 e. The van der Waals surface area contributed by atoms with Crippen LogP contribution in [0.1, 0.15) is 43.2 Å². The fourth-order valence-corrected chi connectivity index (χ4v) is 3.12. The average molecular weight is 297 g/mol. The molecule has 0 amide bonds. The molecule has 1 aromatic carbocycles. The van der Waals surface area contributed by atoms with E-state index in [4.69, 9.17) is 4.74 Å². The summed E-state index contributed by atoms with van der Waals surface area (Å²) in [5.74, 6) is 0.251. The van der Waals surface area contributed by atoms with E-state index in [-0.39, 0.29) is 5.97 Å². The molecule has 0 aliphatic heterocycles. The van der Waals surface area contributed by atoms with Gasteiger partial charge in [0.25, 0.3) is 0 Å². The molecule has 0 aromatic heterocycles. The molecule has 0 heterocycles. The highest BCUT2D eigenvalue weighted by atomic mass is 79.9. The van der Waals surface area contributed by atoms with Crippen LogP contribution < -0.4 is 0 Å². The first kappa shape index (κ1) is 12.6. The van der Waals surface area contributed by atoms with Crippen LogP contribution in [0, 0.1) is 0 Å². The van der Waals surface area contributed by atoms with E-state index in [9.17, 15) is 4.79 Å². The number of hydrogen-bond acceptors (Lipinski definition) is 2. The zero-order valence-corrected chi connectivity index (χ0v) is 11.6. The van der Waals surface area contributed by atoms with E-state index in [0.717, 1.165) is 19.3 Å². The van der Waals surface area contributed by atoms with E-state index < -0.39 is 0 Å². The van der Waals surface area contributed by atoms with Gasteiger partial charge >= 0.3 is 5.97 Å². The van der Waals surface area contributed by atoms with Gasteiger partial charge in [-0.2, -0.15) is 0 Å². The van der Waals surface area contributed by atoms with Crippen molar-refractivity contribution in [3.05, 3.63) is 33.8 Å². The molecule has 17 heavy (non-hydrogen) atoms. The van der Waals surface area contributed by atoms with Crippen LogP contribution in [0.15, 0.2) is 22.7 Å². The second kappa shape index (κ2) is 5.67. The number of ether oxygens (including phenoxy) is 1. The summed E-state index contributed by atoms with van der Waals surface area (Å²) in [4.78, 5) is 11.6. The summed E-state index contributed by atoms with van der Waals surface area (Å²) in [6, 6.07) is 6.26. The summed E-state index contributed by atoms with van der Waals surface area (Å²) < 4.78 is 6.21. The maximum atomic E-state index is 11.6. The predicted octanol–water partition coefficient (Wildman–Crippen LogP) is 3.82. The lowest BCUT2D eigenvalue weighted by Gasteiger charge is -2.25. The van der Waals surface area contributed by atoms with Crippen LogP contribution in [0.5, 0.6) is 0 Å². The summed E-state index contributed by atoms with van der Waals surface area (Å²) in [5.41, 5.74) is 2.69. The number of carbonyl (C=O) groups is 1. The van der Waals surface area contributed by atoms with Crippen molar-refractivity contribution in [3.8, 4) is 0 Å². The molecule has 0 saturated carbocycles. The lowest BCUT2D eigenvalue weighted by Crippen LogP contribution is -2.15. The average Bonchev–Trinajstić information content (AvgIpc) is 2.31. The van der Waals surface area contributed by atoms with Gasteiger partial charge in [-0.05, 0) is 49.3 Å². The van der Waals surface area contributed by atoms with Gasteiger partial charge in [-0.25, -0.2) is 0 Å². The zero-order chi connectivity index (χ0) is 12.3. The van der Waals surface area contributed by atoms with Crippen LogP contribution >= 0.6 is 15.9 Å². The van der Waals surface area contributed by atoms with E-state index in [1.54, 1.807) is 0 Å². The lowest BCUT2D eigenvalue weighted by atomic mass is 9.81. The molecule has 2 rings (SSSR count). The van der Waals surface area contributed by atoms with Gasteiger partial charge in [-0.15, -0.1) is 0 Å². The van der Waals surface area contributed by atoms with Crippen molar-refractivity contribution < 1.29 is 9.53 Å². The molecule has 0 radical (unpaired) electrons. The predicted molar refractivity (Wildman–Crippen MR) is 71.1 cm³/mol. The SMILES string of the molecule is CCOC(=O)CC1CCCc2c(Br)cccc21. The van der Waals surface area contributed by atoms with Crippen molar-refractivity contribution in [3.63, 3.8) is 0 Å². The summed E-state index contributed by atoms with van der Waals surface area (Å²) >= 11 is 3.59. The van der Waals surface area contributed by atoms with Crippen molar-refractivity contribution in [2.75, 3.05) is 6.61 Å². The number of hydrogen-bond donors (Lipinski definition) is 0. The zero-order valence-electron chi connectivity index (χ0n) is 10.0. The van der Waals surface area contributed by atoms with Crippen LogP contribution in [0.2, 0.25) is 0 Å². The quantitative estimate of drug-likeness (QED) is 0.793. The molecule has 1 aliphatic rings. The monoisotopic (exact) mass is 296 g/mol. The first-order valence-corrected chi connectivity index (χ1v) is 6.94. The summed E-state index contributed by atoms with van der Waals surface area (Å²) in [6.45, 7) is 2.32. The maximum absolute atomic E-state index is 11.6. The molecule has 2 nitrogen and oxygen atoms in total. The highest BCUT2D eigenvalue weighted by Gasteiger charge is 2.24. The fraction of sp³-hybridized carbons (Fsp3) is 0.500. The first-order valence-electron chi connectivity index (χ1n) is 6.15. The Morgan fingerprint density at radius 1 is 1.53 bits per heavy atom. The molecular weight excluding hydrogens is 280 g/mol. The summed E-state index contributed by atoms with van der Waals surface area (Å²) in [6.07, 6.45) is 3.86. The minimum Gasteiger partial charge on any atom is -0.466 e. The summed E-state index contributed by atoms with van der Waals surface area (Å²) in [7, 11) is 0. The molecular formula is C14H17BrO2. The van der Waals surface area contributed by atoms with Crippen molar-refractivity contribution in [2.24, 2.45) is 0 Å². The topological polar surface area (TPSA) is 26.3 Å². The number of rotatable bonds is 3. The highest BCUT2D eigenvalue weighted by molar-refractivity contribution is 9.10. The van der Waals surface area contributed by atoms with E-state index in [1.807, 2.05) is 13.0 Å². The van der Waals surface area contributed by atoms with E-state index in [2.05, 4.69) is 28.1 Å². The number of esters is 1. The minimum atomic E-state index is -0.0784. The van der Waals surface area contributed by atoms with Crippen molar-refractivity contribution in [1.29, 1.82) is 0 Å². The fourth-order valence-electron chi connectivity index (χ4n) is 2.54. The molecule has 0 bridgehead atoms. The molecule has 1 aromatic rings. The molecule has 92 valence electrons. The largest absolute Gasteiger partial charge is 0.466 e. The third kappa shape index (κ3) is 2.89. The molecule has 0 spiro atoms. The van der Waals surface area contributed by atoms with Gasteiger partial charge in [0.1, 0.15) is 0 Å². The van der Waals surface area contributed by atoms with Crippen LogP contribution in [0.3, 0.4) is 0 Å². The molecule has 1 unspecified atom stereocenters. The molecule has 0 fully saturated rings. The van der Waals surface area contributed by atoms with Gasteiger partial charge in [-0.3, -0.25) is 4.79 Å². The van der Waals surface area contributed by atoms with E-state index in [0.29, 0.717) is 18.9 Å². The Labute approximate surface area is 110 Å². The second-order valence-electron chi connectivity index (χ2n) is 4.41. The number of fused-ring (bicyclic) bond motifs is 1. The number of carbonyl (C=O) groups excluding carboxylic acids is 1. The first-order chi connectivity index (χ1) is 8.22. The Morgan fingerprint density at radius 3 is 3.12 bits per heavy atom. The Hall–Kier alpha value is -0.830. The molecule has 0 saturated heterocycles. The third-order valence-corrected chi connectivity index (χ3v) is 4.04. The van der Waals surface area contributed by atoms with Gasteiger partial charge < -0.3 is 4.74 Å². The Bertz CT molecular complexity index is 415. The Kier molecular flexibility index (Phi) is 4.21. The smallest absolute Gasteiger partial charge is 0.306 e. The van der Waals surface area contributed by atoms with Crippen LogP contribution in [0.4, 0.5) is 0 Å². The van der Waals surface area contributed by atoms with Gasteiger partial charge in [0.2, 0.25) is 0 Å². The van der Waals surface area contributed by atoms with Gasteiger partial charge in [0, 0.05) is 4.47 Å². The van der Waals surface area contributed by atoms with Gasteiger partial charge in [0.05, 0.1) is 13.0 Å². The number of benzene rings is 1. The minimum absolute atomic E-state index is 0.0784. The Morgan fingerprint density at radius 2 is 2.35 bits per heavy atom. The summed E-state index contributed by atoms with van der Waals surface area (Å²) in [5, 5.41) is 0. The molecule has 1 aliphatic carbocycles. The molecule has 3 heteroatoms. The Balaban J connectivity index is 2.17. The van der Waals surface area contributed by atoms with Crippen LogP contribution in [0.25, 0.3) is 0 Å². The van der Waals surface area contributed by atoms with Crippen molar-refractivity contribution in [2.45, 2.75) is 38.5 Å². The van der Waals surface area contributed by atoms with Gasteiger partial charge in [-0.1, -0.05) is 28.1 Å². The molecule has 1 atom stereocenters. The lowest BCUT2D eigenvalue weighted by molar-refractivity contribution is -0.143. The van der Waals surface area contributed by atoms with Crippen molar-refractivity contribution in [1.82, 2.24) is 0 Å². The molecule has 0 N–H and O–H groups in total. The van der Waals surface area contributed by atoms with Crippen molar-refractivity contribution >= 4 is 21.9 Å².